The normalized spacial score (nSPS) is 16.5. The van der Waals surface area contributed by atoms with E-state index in [9.17, 15) is 9.59 Å². The van der Waals surface area contributed by atoms with Crippen LogP contribution in [0.1, 0.15) is 44.9 Å². The van der Waals surface area contributed by atoms with Gasteiger partial charge in [0.2, 0.25) is 0 Å². The summed E-state index contributed by atoms with van der Waals surface area (Å²) in [4.78, 5) is 26.4. The lowest BCUT2D eigenvalue weighted by atomic mass is 9.95. The molecular formula is C19H26N4O3. The second kappa shape index (κ2) is 8.21. The molecule has 0 spiro atoms. The molecule has 2 aromatic rings. The van der Waals surface area contributed by atoms with Gasteiger partial charge in [0.05, 0.1) is 0 Å². The first-order valence-electron chi connectivity index (χ1n) is 9.29. The minimum atomic E-state index is -0.465. The van der Waals surface area contributed by atoms with Crippen molar-refractivity contribution < 1.29 is 9.53 Å². The number of carbonyl (C=O) groups is 1. The van der Waals surface area contributed by atoms with Crippen molar-refractivity contribution in [2.75, 3.05) is 13.1 Å². The van der Waals surface area contributed by atoms with E-state index in [4.69, 9.17) is 4.74 Å². The Morgan fingerprint density at radius 3 is 2.58 bits per heavy atom. The number of aromatic nitrogens is 3. The van der Waals surface area contributed by atoms with Gasteiger partial charge in [0.25, 0.3) is 5.91 Å². The van der Waals surface area contributed by atoms with Gasteiger partial charge in [-0.3, -0.25) is 9.36 Å². The van der Waals surface area contributed by atoms with Gasteiger partial charge in [-0.25, -0.2) is 9.89 Å². The molecule has 1 aromatic carbocycles. The molecule has 7 heteroatoms. The van der Waals surface area contributed by atoms with Gasteiger partial charge in [-0.15, -0.1) is 0 Å². The molecule has 1 atom stereocenters. The number of H-pyrrole nitrogens is 1. The fourth-order valence-electron chi connectivity index (χ4n) is 3.48. The number of para-hydroxylation sites is 1. The molecule has 1 unspecified atom stereocenters. The number of hydrogen-bond acceptors (Lipinski definition) is 4. The van der Waals surface area contributed by atoms with E-state index in [0.29, 0.717) is 31.8 Å². The second-order valence-corrected chi connectivity index (χ2v) is 6.56. The summed E-state index contributed by atoms with van der Waals surface area (Å²) in [5.74, 6) is 1.75. The molecule has 140 valence electrons. The first kappa shape index (κ1) is 18.2. The highest BCUT2D eigenvalue weighted by Gasteiger charge is 2.31. The molecular weight excluding hydrogens is 332 g/mol. The molecule has 0 saturated carbocycles. The summed E-state index contributed by atoms with van der Waals surface area (Å²) in [5.41, 5.74) is -0.164. The number of ether oxygens (including phenoxy) is 1. The average molecular weight is 358 g/mol. The van der Waals surface area contributed by atoms with Crippen LogP contribution in [0.15, 0.2) is 35.1 Å². The number of aromatic amines is 1. The lowest BCUT2D eigenvalue weighted by Gasteiger charge is -2.33. The number of nitrogens with zero attached hydrogens (tertiary/aromatic N) is 3. The van der Waals surface area contributed by atoms with Crippen molar-refractivity contribution in [3.05, 3.63) is 46.6 Å². The van der Waals surface area contributed by atoms with E-state index in [1.807, 2.05) is 49.1 Å². The summed E-state index contributed by atoms with van der Waals surface area (Å²) in [7, 11) is 0. The van der Waals surface area contributed by atoms with E-state index in [0.717, 1.165) is 18.7 Å². The molecule has 0 aliphatic carbocycles. The van der Waals surface area contributed by atoms with Gasteiger partial charge in [0.15, 0.2) is 6.10 Å². The van der Waals surface area contributed by atoms with Gasteiger partial charge in [0, 0.05) is 25.6 Å². The highest BCUT2D eigenvalue weighted by Crippen LogP contribution is 2.27. The third-order valence-electron chi connectivity index (χ3n) is 4.94. The molecule has 1 fully saturated rings. The standard InChI is InChI=1S/C19H26N4O3/c1-3-16(26-15-8-6-5-7-9-15)18(24)22-12-10-14(11-13-22)17-20-21-19(25)23(17)4-2/h5-9,14,16H,3-4,10-13H2,1-2H3,(H,21,25). The first-order valence-corrected chi connectivity index (χ1v) is 9.29. The van der Waals surface area contributed by atoms with Crippen molar-refractivity contribution in [1.29, 1.82) is 0 Å². The topological polar surface area (TPSA) is 80.2 Å². The molecule has 1 amide bonds. The molecule has 2 heterocycles. The molecule has 1 aromatic heterocycles. The number of likely N-dealkylation sites (tertiary alicyclic amines) is 1. The Morgan fingerprint density at radius 1 is 1.27 bits per heavy atom. The van der Waals surface area contributed by atoms with E-state index in [2.05, 4.69) is 10.2 Å². The van der Waals surface area contributed by atoms with Gasteiger partial charge in [-0.1, -0.05) is 25.1 Å². The summed E-state index contributed by atoms with van der Waals surface area (Å²) in [5, 5.41) is 6.72. The smallest absolute Gasteiger partial charge is 0.343 e. The number of carbonyl (C=O) groups excluding carboxylic acids is 1. The Labute approximate surface area is 153 Å². The molecule has 3 rings (SSSR count). The maximum Gasteiger partial charge on any atom is 0.343 e. The highest BCUT2D eigenvalue weighted by atomic mass is 16.5. The van der Waals surface area contributed by atoms with Crippen LogP contribution in [0, 0.1) is 0 Å². The zero-order chi connectivity index (χ0) is 18.5. The van der Waals surface area contributed by atoms with E-state index in [1.165, 1.54) is 0 Å². The zero-order valence-electron chi connectivity index (χ0n) is 15.4. The Balaban J connectivity index is 1.61. The van der Waals surface area contributed by atoms with E-state index in [1.54, 1.807) is 4.57 Å². The van der Waals surface area contributed by atoms with Crippen LogP contribution >= 0.6 is 0 Å². The van der Waals surface area contributed by atoms with Crippen molar-refractivity contribution in [1.82, 2.24) is 19.7 Å². The van der Waals surface area contributed by atoms with Crippen LogP contribution in [0.2, 0.25) is 0 Å². The highest BCUT2D eigenvalue weighted by molar-refractivity contribution is 5.81. The Bertz CT molecular complexity index is 776. The van der Waals surface area contributed by atoms with Gasteiger partial charge in [0.1, 0.15) is 11.6 Å². The van der Waals surface area contributed by atoms with Crippen molar-refractivity contribution in [3.8, 4) is 5.75 Å². The lowest BCUT2D eigenvalue weighted by molar-refractivity contribution is -0.140. The third kappa shape index (κ3) is 3.81. The zero-order valence-corrected chi connectivity index (χ0v) is 15.4. The molecule has 1 aliphatic rings. The van der Waals surface area contributed by atoms with Crippen LogP contribution in [0.25, 0.3) is 0 Å². The molecule has 7 nitrogen and oxygen atoms in total. The largest absolute Gasteiger partial charge is 0.481 e. The lowest BCUT2D eigenvalue weighted by Crippen LogP contribution is -2.45. The summed E-state index contributed by atoms with van der Waals surface area (Å²) in [6.07, 6.45) is 1.77. The van der Waals surface area contributed by atoms with Crippen LogP contribution in [-0.2, 0) is 11.3 Å². The predicted octanol–water partition coefficient (Wildman–Crippen LogP) is 2.15. The SMILES string of the molecule is CCC(Oc1ccccc1)C(=O)N1CCC(c2n[nH]c(=O)n2CC)CC1. The van der Waals surface area contributed by atoms with Crippen molar-refractivity contribution in [3.63, 3.8) is 0 Å². The monoisotopic (exact) mass is 358 g/mol. The number of piperidine rings is 1. The van der Waals surface area contributed by atoms with Crippen molar-refractivity contribution in [2.24, 2.45) is 0 Å². The quantitative estimate of drug-likeness (QED) is 0.858. The summed E-state index contributed by atoms with van der Waals surface area (Å²) in [6, 6.07) is 9.45. The Hall–Kier alpha value is -2.57. The van der Waals surface area contributed by atoms with E-state index >= 15 is 0 Å². The maximum absolute atomic E-state index is 12.8. The fourth-order valence-corrected chi connectivity index (χ4v) is 3.48. The fraction of sp³-hybridized carbons (Fsp3) is 0.526. The summed E-state index contributed by atoms with van der Waals surface area (Å²) < 4.78 is 7.55. The number of hydrogen-bond donors (Lipinski definition) is 1. The molecule has 0 radical (unpaired) electrons. The van der Waals surface area contributed by atoms with Crippen molar-refractivity contribution in [2.45, 2.75) is 51.7 Å². The number of rotatable bonds is 6. The number of benzene rings is 1. The molecule has 26 heavy (non-hydrogen) atoms. The van der Waals surface area contributed by atoms with E-state index < -0.39 is 6.10 Å². The Morgan fingerprint density at radius 2 is 1.96 bits per heavy atom. The molecule has 1 N–H and O–H groups in total. The van der Waals surface area contributed by atoms with Gasteiger partial charge in [-0.05, 0) is 38.3 Å². The number of amides is 1. The molecule has 1 saturated heterocycles. The number of nitrogens with one attached hydrogen (secondary N) is 1. The minimum Gasteiger partial charge on any atom is -0.481 e. The minimum absolute atomic E-state index is 0.0321. The van der Waals surface area contributed by atoms with Gasteiger partial charge >= 0.3 is 5.69 Å². The van der Waals surface area contributed by atoms with E-state index in [-0.39, 0.29) is 17.5 Å². The van der Waals surface area contributed by atoms with Crippen LogP contribution in [-0.4, -0.2) is 44.8 Å². The van der Waals surface area contributed by atoms with Crippen LogP contribution in [0.4, 0.5) is 0 Å². The van der Waals surface area contributed by atoms with Crippen LogP contribution in [0.5, 0.6) is 5.75 Å². The maximum atomic E-state index is 12.8. The third-order valence-corrected chi connectivity index (χ3v) is 4.94. The Kier molecular flexibility index (Phi) is 5.75. The van der Waals surface area contributed by atoms with Gasteiger partial charge < -0.3 is 9.64 Å². The summed E-state index contributed by atoms with van der Waals surface area (Å²) in [6.45, 7) is 5.81. The predicted molar refractivity (Wildman–Crippen MR) is 98.2 cm³/mol. The first-order chi connectivity index (χ1) is 12.6. The second-order valence-electron chi connectivity index (χ2n) is 6.56. The average Bonchev–Trinajstić information content (AvgIpc) is 3.07. The molecule has 1 aliphatic heterocycles. The van der Waals surface area contributed by atoms with Gasteiger partial charge in [-0.2, -0.15) is 5.10 Å². The molecule has 0 bridgehead atoms. The van der Waals surface area contributed by atoms with Crippen LogP contribution < -0.4 is 10.4 Å². The van der Waals surface area contributed by atoms with Crippen LogP contribution in [0.3, 0.4) is 0 Å². The van der Waals surface area contributed by atoms with Crippen molar-refractivity contribution >= 4 is 5.91 Å². The summed E-state index contributed by atoms with van der Waals surface area (Å²) >= 11 is 0.